The van der Waals surface area contributed by atoms with Gasteiger partial charge >= 0.3 is 0 Å². The van der Waals surface area contributed by atoms with Crippen LogP contribution >= 0.6 is 0 Å². The molecule has 0 N–H and O–H groups in total. The Morgan fingerprint density at radius 3 is 3.14 bits per heavy atom. The molecule has 4 heterocycles. The Kier molecular flexibility index (Phi) is 2.93. The van der Waals surface area contributed by atoms with Gasteiger partial charge in [0, 0.05) is 25.2 Å². The van der Waals surface area contributed by atoms with Gasteiger partial charge in [0.05, 0.1) is 18.6 Å². The van der Waals surface area contributed by atoms with E-state index < -0.39 is 5.41 Å². The quantitative estimate of drug-likeness (QED) is 0.782. The van der Waals surface area contributed by atoms with E-state index in [0.29, 0.717) is 43.7 Å². The van der Waals surface area contributed by atoms with E-state index in [1.807, 2.05) is 0 Å². The van der Waals surface area contributed by atoms with Crippen LogP contribution in [0, 0.1) is 12.8 Å². The van der Waals surface area contributed by atoms with E-state index in [1.165, 1.54) is 6.33 Å². The normalized spacial score (nSPS) is 27.1. The average molecular weight is 301 g/mol. The number of amides is 1. The monoisotopic (exact) mass is 301 g/mol. The molecule has 0 unspecified atom stereocenters. The molecule has 8 nitrogen and oxygen atoms in total. The summed E-state index contributed by atoms with van der Waals surface area (Å²) >= 11 is 0. The van der Waals surface area contributed by atoms with E-state index >= 15 is 0 Å². The fourth-order valence-electron chi connectivity index (χ4n) is 3.27. The Morgan fingerprint density at radius 2 is 2.41 bits per heavy atom. The largest absolute Gasteiger partial charge is 0.380 e. The van der Waals surface area contributed by atoms with Crippen molar-refractivity contribution in [2.24, 2.45) is 5.92 Å². The van der Waals surface area contributed by atoms with Crippen molar-refractivity contribution >= 4 is 5.91 Å². The summed E-state index contributed by atoms with van der Waals surface area (Å²) in [7, 11) is 0. The zero-order chi connectivity index (χ0) is 15.2. The highest BCUT2D eigenvalue weighted by molar-refractivity contribution is 5.92. The second kappa shape index (κ2) is 4.84. The van der Waals surface area contributed by atoms with Gasteiger partial charge < -0.3 is 14.2 Å². The third kappa shape index (κ3) is 1.91. The molecule has 8 heteroatoms. The van der Waals surface area contributed by atoms with Crippen molar-refractivity contribution in [2.45, 2.75) is 12.3 Å². The summed E-state index contributed by atoms with van der Waals surface area (Å²) in [5, 5.41) is 3.88. The number of rotatable bonds is 2. The molecule has 4 rings (SSSR count). The number of fused-ring (bicyclic) bond motifs is 1. The molecule has 0 saturated carbocycles. The first-order chi connectivity index (χ1) is 10.7. The van der Waals surface area contributed by atoms with Crippen LogP contribution in [0.2, 0.25) is 0 Å². The second-order valence-electron chi connectivity index (χ2n) is 5.80. The first-order valence-corrected chi connectivity index (χ1v) is 7.13. The van der Waals surface area contributed by atoms with Gasteiger partial charge in [-0.15, -0.1) is 0 Å². The molecule has 0 aromatic carbocycles. The van der Waals surface area contributed by atoms with Crippen LogP contribution in [-0.4, -0.2) is 57.2 Å². The van der Waals surface area contributed by atoms with Gasteiger partial charge in [0.15, 0.2) is 5.82 Å². The van der Waals surface area contributed by atoms with Crippen molar-refractivity contribution < 1.29 is 14.1 Å². The highest BCUT2D eigenvalue weighted by Gasteiger charge is 2.56. The summed E-state index contributed by atoms with van der Waals surface area (Å²) in [4.78, 5) is 26.6. The van der Waals surface area contributed by atoms with E-state index in [1.54, 1.807) is 24.1 Å². The molecule has 0 radical (unpaired) electrons. The van der Waals surface area contributed by atoms with Crippen LogP contribution in [0.25, 0.3) is 0 Å². The molecule has 1 amide bonds. The van der Waals surface area contributed by atoms with Crippen molar-refractivity contribution in [1.29, 1.82) is 0 Å². The van der Waals surface area contributed by atoms with Crippen molar-refractivity contribution in [3.05, 3.63) is 36.0 Å². The molecule has 2 fully saturated rings. The van der Waals surface area contributed by atoms with Crippen molar-refractivity contribution in [3.63, 3.8) is 0 Å². The van der Waals surface area contributed by atoms with Crippen LogP contribution in [0.3, 0.4) is 0 Å². The van der Waals surface area contributed by atoms with Crippen molar-refractivity contribution in [1.82, 2.24) is 25.0 Å². The fraction of sp³-hybridized carbons (Fsp3) is 0.500. The van der Waals surface area contributed by atoms with E-state index in [-0.39, 0.29) is 11.8 Å². The number of aryl methyl sites for hydroxylation is 1. The van der Waals surface area contributed by atoms with Crippen molar-refractivity contribution in [2.75, 3.05) is 26.3 Å². The number of carbonyl (C=O) groups is 1. The van der Waals surface area contributed by atoms with Gasteiger partial charge in [0.25, 0.3) is 5.91 Å². The third-order valence-corrected chi connectivity index (χ3v) is 4.42. The summed E-state index contributed by atoms with van der Waals surface area (Å²) in [6, 6.07) is 1.62. The van der Waals surface area contributed by atoms with Gasteiger partial charge in [-0.25, -0.2) is 9.97 Å². The van der Waals surface area contributed by atoms with Crippen molar-refractivity contribution in [3.8, 4) is 0 Å². The number of likely N-dealkylation sites (tertiary alicyclic amines) is 1. The standard InChI is InChI=1S/C14H15N5O3/c1-9-17-13(22-18-9)14-6-19(4-10(14)5-21-7-14)12(20)11-2-3-15-8-16-11/h2-3,8,10H,4-7H2,1H3/t10-,14-/m1/s1. The fourth-order valence-corrected chi connectivity index (χ4v) is 3.27. The van der Waals surface area contributed by atoms with Gasteiger partial charge in [0.1, 0.15) is 12.0 Å². The smallest absolute Gasteiger partial charge is 0.272 e. The SMILES string of the molecule is Cc1noc([C@]23COC[C@H]2CN(C(=O)c2ccncn2)C3)n1. The summed E-state index contributed by atoms with van der Waals surface area (Å²) in [5.74, 6) is 1.21. The Hall–Kier alpha value is -2.35. The van der Waals surface area contributed by atoms with Crippen LogP contribution < -0.4 is 0 Å². The van der Waals surface area contributed by atoms with Gasteiger partial charge in [-0.05, 0) is 13.0 Å². The molecular formula is C14H15N5O3. The molecule has 2 atom stereocenters. The minimum absolute atomic E-state index is 0.104. The lowest BCUT2D eigenvalue weighted by atomic mass is 9.81. The molecule has 2 saturated heterocycles. The van der Waals surface area contributed by atoms with Gasteiger partial charge in [0.2, 0.25) is 5.89 Å². The molecule has 2 aliphatic heterocycles. The summed E-state index contributed by atoms with van der Waals surface area (Å²) in [6.45, 7) is 3.97. The summed E-state index contributed by atoms with van der Waals surface area (Å²) < 4.78 is 11.0. The molecule has 2 aliphatic rings. The maximum atomic E-state index is 12.6. The topological polar surface area (TPSA) is 94.2 Å². The average Bonchev–Trinajstić information content (AvgIpc) is 3.20. The van der Waals surface area contributed by atoms with Crippen LogP contribution in [0.4, 0.5) is 0 Å². The Balaban J connectivity index is 1.64. The van der Waals surface area contributed by atoms with Gasteiger partial charge in [-0.3, -0.25) is 4.79 Å². The molecule has 22 heavy (non-hydrogen) atoms. The van der Waals surface area contributed by atoms with E-state index in [9.17, 15) is 4.79 Å². The Labute approximate surface area is 126 Å². The predicted octanol–water partition coefficient (Wildman–Crippen LogP) is 0.208. The Morgan fingerprint density at radius 1 is 1.50 bits per heavy atom. The molecule has 114 valence electrons. The first-order valence-electron chi connectivity index (χ1n) is 7.13. The minimum atomic E-state index is -0.399. The summed E-state index contributed by atoms with van der Waals surface area (Å²) in [6.07, 6.45) is 2.95. The highest BCUT2D eigenvalue weighted by Crippen LogP contribution is 2.43. The lowest BCUT2D eigenvalue weighted by Crippen LogP contribution is -2.37. The lowest BCUT2D eigenvalue weighted by molar-refractivity contribution is 0.0730. The van der Waals surface area contributed by atoms with Crippen LogP contribution in [0.5, 0.6) is 0 Å². The number of hydrogen-bond donors (Lipinski definition) is 0. The molecule has 0 bridgehead atoms. The van der Waals surface area contributed by atoms with Crippen LogP contribution in [0.1, 0.15) is 22.2 Å². The lowest BCUT2D eigenvalue weighted by Gasteiger charge is -2.22. The van der Waals surface area contributed by atoms with Crippen LogP contribution in [-0.2, 0) is 10.2 Å². The minimum Gasteiger partial charge on any atom is -0.380 e. The number of carbonyl (C=O) groups excluding carboxylic acids is 1. The molecule has 2 aromatic heterocycles. The highest BCUT2D eigenvalue weighted by atomic mass is 16.5. The molecule has 0 spiro atoms. The molecular weight excluding hydrogens is 286 g/mol. The van der Waals surface area contributed by atoms with E-state index in [4.69, 9.17) is 9.26 Å². The first kappa shape index (κ1) is 13.3. The Bertz CT molecular complexity index is 704. The molecule has 0 aliphatic carbocycles. The maximum Gasteiger partial charge on any atom is 0.272 e. The third-order valence-electron chi connectivity index (χ3n) is 4.42. The van der Waals surface area contributed by atoms with E-state index in [2.05, 4.69) is 20.1 Å². The molecule has 2 aromatic rings. The van der Waals surface area contributed by atoms with Gasteiger partial charge in [-0.2, -0.15) is 4.98 Å². The second-order valence-corrected chi connectivity index (χ2v) is 5.80. The number of hydrogen-bond acceptors (Lipinski definition) is 7. The van der Waals surface area contributed by atoms with Crippen LogP contribution in [0.15, 0.2) is 23.1 Å². The summed E-state index contributed by atoms with van der Waals surface area (Å²) in [5.41, 5.74) is -0.00279. The number of nitrogens with zero attached hydrogens (tertiary/aromatic N) is 5. The zero-order valence-corrected chi connectivity index (χ0v) is 12.1. The zero-order valence-electron chi connectivity index (χ0n) is 12.1. The van der Waals surface area contributed by atoms with Gasteiger partial charge in [-0.1, -0.05) is 5.16 Å². The predicted molar refractivity (Wildman–Crippen MR) is 73.0 cm³/mol. The van der Waals surface area contributed by atoms with E-state index in [0.717, 1.165) is 0 Å². The maximum absolute atomic E-state index is 12.6. The number of ether oxygens (including phenoxy) is 1. The number of aromatic nitrogens is 4.